The highest BCUT2D eigenvalue weighted by Gasteiger charge is 2.32. The lowest BCUT2D eigenvalue weighted by Gasteiger charge is -2.27. The van der Waals surface area contributed by atoms with Crippen LogP contribution in [0.25, 0.3) is 0 Å². The highest BCUT2D eigenvalue weighted by atomic mass is 16.4. The Labute approximate surface area is 118 Å². The quantitative estimate of drug-likeness (QED) is 0.919. The second-order valence-corrected chi connectivity index (χ2v) is 5.48. The average molecular weight is 279 g/mol. The second kappa shape index (κ2) is 5.69. The van der Waals surface area contributed by atoms with E-state index in [4.69, 9.17) is 9.52 Å². The fraction of sp³-hybridized carbons (Fsp3) is 0.600. The van der Waals surface area contributed by atoms with E-state index in [1.54, 1.807) is 6.92 Å². The summed E-state index contributed by atoms with van der Waals surface area (Å²) in [4.78, 5) is 25.3. The van der Waals surface area contributed by atoms with Crippen molar-refractivity contribution in [1.82, 2.24) is 4.90 Å². The molecule has 1 amide bonds. The van der Waals surface area contributed by atoms with Crippen molar-refractivity contribution in [3.63, 3.8) is 0 Å². The number of carbonyl (C=O) groups excluding carboxylic acids is 1. The molecule has 1 aliphatic rings. The van der Waals surface area contributed by atoms with Gasteiger partial charge < -0.3 is 14.4 Å². The Morgan fingerprint density at radius 2 is 1.80 bits per heavy atom. The molecule has 1 N–H and O–H groups in total. The minimum absolute atomic E-state index is 0.0348. The lowest BCUT2D eigenvalue weighted by Crippen LogP contribution is -2.42. The Kier molecular flexibility index (Phi) is 4.16. The third-order valence-electron chi connectivity index (χ3n) is 4.11. The van der Waals surface area contributed by atoms with E-state index in [1.807, 2.05) is 13.8 Å². The summed E-state index contributed by atoms with van der Waals surface area (Å²) in [7, 11) is 0. The van der Waals surface area contributed by atoms with E-state index in [0.717, 1.165) is 31.2 Å². The van der Waals surface area contributed by atoms with E-state index < -0.39 is 5.97 Å². The normalized spacial score (nSPS) is 15.6. The van der Waals surface area contributed by atoms with Crippen LogP contribution < -0.4 is 0 Å². The van der Waals surface area contributed by atoms with Crippen molar-refractivity contribution in [2.75, 3.05) is 6.54 Å². The van der Waals surface area contributed by atoms with Gasteiger partial charge in [-0.3, -0.25) is 9.59 Å². The average Bonchev–Trinajstić information content (AvgIpc) is 2.96. The topological polar surface area (TPSA) is 70.8 Å². The van der Waals surface area contributed by atoms with Crippen molar-refractivity contribution in [3.8, 4) is 0 Å². The largest absolute Gasteiger partial charge is 0.480 e. The Morgan fingerprint density at radius 3 is 2.25 bits per heavy atom. The molecule has 1 saturated carbocycles. The molecule has 0 aromatic carbocycles. The second-order valence-electron chi connectivity index (χ2n) is 5.48. The van der Waals surface area contributed by atoms with Crippen molar-refractivity contribution >= 4 is 11.9 Å². The number of hydrogen-bond acceptors (Lipinski definition) is 3. The van der Waals surface area contributed by atoms with Gasteiger partial charge in [0.2, 0.25) is 0 Å². The molecule has 0 aliphatic heterocycles. The summed E-state index contributed by atoms with van der Waals surface area (Å²) >= 11 is 0. The van der Waals surface area contributed by atoms with Crippen molar-refractivity contribution < 1.29 is 19.1 Å². The van der Waals surface area contributed by atoms with Gasteiger partial charge in [-0.25, -0.2) is 0 Å². The van der Waals surface area contributed by atoms with Crippen LogP contribution in [-0.4, -0.2) is 34.5 Å². The minimum Gasteiger partial charge on any atom is -0.480 e. The van der Waals surface area contributed by atoms with E-state index in [2.05, 4.69) is 0 Å². The molecule has 1 fully saturated rings. The van der Waals surface area contributed by atoms with Crippen molar-refractivity contribution in [2.45, 2.75) is 52.5 Å². The molecule has 1 aromatic heterocycles. The molecule has 0 radical (unpaired) electrons. The van der Waals surface area contributed by atoms with Gasteiger partial charge in [-0.15, -0.1) is 0 Å². The number of hydrogen-bond donors (Lipinski definition) is 1. The first-order valence-electron chi connectivity index (χ1n) is 7.01. The molecular formula is C15H21NO4. The molecule has 1 aromatic rings. The predicted molar refractivity (Wildman–Crippen MR) is 73.8 cm³/mol. The van der Waals surface area contributed by atoms with E-state index >= 15 is 0 Å². The van der Waals surface area contributed by atoms with Crippen molar-refractivity contribution in [1.29, 1.82) is 0 Å². The molecule has 5 heteroatoms. The zero-order valence-corrected chi connectivity index (χ0v) is 12.2. The molecule has 0 bridgehead atoms. The molecule has 1 aliphatic carbocycles. The number of carboxylic acids is 1. The summed E-state index contributed by atoms with van der Waals surface area (Å²) in [5, 5.41) is 9.07. The molecule has 20 heavy (non-hydrogen) atoms. The van der Waals surface area contributed by atoms with Crippen LogP contribution in [0.4, 0.5) is 0 Å². The molecule has 0 unspecified atom stereocenters. The van der Waals surface area contributed by atoms with Gasteiger partial charge in [0, 0.05) is 11.6 Å². The van der Waals surface area contributed by atoms with E-state index in [-0.39, 0.29) is 18.5 Å². The van der Waals surface area contributed by atoms with E-state index in [1.165, 1.54) is 4.90 Å². The van der Waals surface area contributed by atoms with Gasteiger partial charge in [0.15, 0.2) is 0 Å². The van der Waals surface area contributed by atoms with Crippen LogP contribution in [0, 0.1) is 20.8 Å². The monoisotopic (exact) mass is 279 g/mol. The lowest BCUT2D eigenvalue weighted by molar-refractivity contribution is -0.138. The fourth-order valence-corrected chi connectivity index (χ4v) is 2.98. The number of carboxylic acid groups (broad SMARTS) is 1. The van der Waals surface area contributed by atoms with Crippen LogP contribution in [0.1, 0.15) is 53.1 Å². The zero-order valence-electron chi connectivity index (χ0n) is 12.2. The first-order valence-corrected chi connectivity index (χ1v) is 7.01. The number of rotatable bonds is 4. The Hall–Kier alpha value is -1.78. The van der Waals surface area contributed by atoms with Gasteiger partial charge in [-0.2, -0.15) is 0 Å². The van der Waals surface area contributed by atoms with Crippen LogP contribution in [0.3, 0.4) is 0 Å². The number of aryl methyl sites for hydroxylation is 2. The number of nitrogens with zero attached hydrogens (tertiary/aromatic N) is 1. The summed E-state index contributed by atoms with van der Waals surface area (Å²) in [5.74, 6) is 0.0952. The van der Waals surface area contributed by atoms with Crippen molar-refractivity contribution in [2.24, 2.45) is 0 Å². The van der Waals surface area contributed by atoms with Gasteiger partial charge >= 0.3 is 5.97 Å². The number of aliphatic carboxylic acids is 1. The summed E-state index contributed by atoms with van der Waals surface area (Å²) in [6, 6.07) is 0.0348. The van der Waals surface area contributed by atoms with Crippen LogP contribution in [0.5, 0.6) is 0 Å². The van der Waals surface area contributed by atoms with Crippen LogP contribution >= 0.6 is 0 Å². The first kappa shape index (κ1) is 14.6. The van der Waals surface area contributed by atoms with Gasteiger partial charge in [-0.1, -0.05) is 12.8 Å². The SMILES string of the molecule is Cc1oc(C)c(C(=O)N(CC(=O)O)C2CCCC2)c1C. The van der Waals surface area contributed by atoms with Crippen LogP contribution in [0.15, 0.2) is 4.42 Å². The molecule has 0 saturated heterocycles. The number of amides is 1. The molecule has 5 nitrogen and oxygen atoms in total. The zero-order chi connectivity index (χ0) is 14.9. The van der Waals surface area contributed by atoms with Crippen LogP contribution in [-0.2, 0) is 4.79 Å². The highest BCUT2D eigenvalue weighted by Crippen LogP contribution is 2.28. The Bertz CT molecular complexity index is 526. The maximum atomic E-state index is 12.7. The van der Waals surface area contributed by atoms with Crippen LogP contribution in [0.2, 0.25) is 0 Å². The van der Waals surface area contributed by atoms with E-state index in [9.17, 15) is 9.59 Å². The molecule has 0 spiro atoms. The van der Waals surface area contributed by atoms with Gasteiger partial charge in [0.1, 0.15) is 18.1 Å². The number of carbonyl (C=O) groups is 2. The summed E-state index contributed by atoms with van der Waals surface area (Å²) in [5.41, 5.74) is 1.33. The summed E-state index contributed by atoms with van der Waals surface area (Å²) < 4.78 is 5.49. The maximum Gasteiger partial charge on any atom is 0.323 e. The standard InChI is InChI=1S/C15H21NO4/c1-9-10(2)20-11(3)14(9)15(19)16(8-13(17)18)12-6-4-5-7-12/h12H,4-8H2,1-3H3,(H,17,18). The Morgan fingerprint density at radius 1 is 1.20 bits per heavy atom. The van der Waals surface area contributed by atoms with Crippen molar-refractivity contribution in [3.05, 3.63) is 22.6 Å². The molecule has 2 rings (SSSR count). The third kappa shape index (κ3) is 2.71. The Balaban J connectivity index is 2.32. The summed E-state index contributed by atoms with van der Waals surface area (Å²) in [6.45, 7) is 5.16. The smallest absolute Gasteiger partial charge is 0.323 e. The van der Waals surface area contributed by atoms with Gasteiger partial charge in [-0.05, 0) is 33.6 Å². The molecule has 0 atom stereocenters. The fourth-order valence-electron chi connectivity index (χ4n) is 2.98. The molecule has 110 valence electrons. The van der Waals surface area contributed by atoms with E-state index in [0.29, 0.717) is 17.1 Å². The maximum absolute atomic E-state index is 12.7. The van der Waals surface area contributed by atoms with Gasteiger partial charge in [0.25, 0.3) is 5.91 Å². The minimum atomic E-state index is -0.972. The molecule has 1 heterocycles. The summed E-state index contributed by atoms with van der Waals surface area (Å²) in [6.07, 6.45) is 3.87. The molecular weight excluding hydrogens is 258 g/mol. The number of furan rings is 1. The predicted octanol–water partition coefficient (Wildman–Crippen LogP) is 2.67. The highest BCUT2D eigenvalue weighted by molar-refractivity contribution is 5.98. The van der Waals surface area contributed by atoms with Gasteiger partial charge in [0.05, 0.1) is 5.56 Å². The third-order valence-corrected chi connectivity index (χ3v) is 4.11. The lowest BCUT2D eigenvalue weighted by atomic mass is 10.1. The first-order chi connectivity index (χ1) is 9.41.